The minimum Gasteiger partial charge on any atom is -0.494 e. The summed E-state index contributed by atoms with van der Waals surface area (Å²) in [6.45, 7) is 16.6. The molecule has 3 heterocycles. The molecule has 48 heavy (non-hydrogen) atoms. The third-order valence-corrected chi connectivity index (χ3v) is 10.6. The quantitative estimate of drug-likeness (QED) is 0.196. The molecule has 3 aliphatic heterocycles. The van der Waals surface area contributed by atoms with E-state index in [-0.39, 0.29) is 55.2 Å². The van der Waals surface area contributed by atoms with Crippen LogP contribution in [-0.2, 0) is 19.1 Å². The number of ether oxygens (including phenoxy) is 2. The van der Waals surface area contributed by atoms with E-state index in [4.69, 9.17) is 9.47 Å². The normalized spacial score (nSPS) is 25.5. The number of likely N-dealkylation sites (tertiary alicyclic amines) is 1. The molecule has 6 atom stereocenters. The molecule has 0 radical (unpaired) electrons. The molecule has 2 bridgehead atoms. The summed E-state index contributed by atoms with van der Waals surface area (Å²) in [6, 6.07) is 14.1. The summed E-state index contributed by atoms with van der Waals surface area (Å²) >= 11 is 3.78. The summed E-state index contributed by atoms with van der Waals surface area (Å²) in [5.74, 6) is -1.89. The molecule has 0 aliphatic carbocycles. The summed E-state index contributed by atoms with van der Waals surface area (Å²) in [5, 5.41) is 9.78. The first-order valence-corrected chi connectivity index (χ1v) is 17.8. The average Bonchev–Trinajstić information content (AvgIpc) is 3.69. The Labute approximate surface area is 292 Å². The van der Waals surface area contributed by atoms with Crippen LogP contribution >= 0.6 is 15.9 Å². The van der Waals surface area contributed by atoms with Crippen LogP contribution in [0.5, 0.6) is 5.75 Å². The Morgan fingerprint density at radius 2 is 1.54 bits per heavy atom. The van der Waals surface area contributed by atoms with E-state index in [9.17, 15) is 19.5 Å². The molecule has 11 heteroatoms. The Balaban J connectivity index is 1.53. The van der Waals surface area contributed by atoms with Crippen LogP contribution in [0.2, 0.25) is 0 Å². The lowest BCUT2D eigenvalue weighted by Gasteiger charge is -2.37. The van der Waals surface area contributed by atoms with Crippen LogP contribution in [0.3, 0.4) is 0 Å². The zero-order valence-corrected chi connectivity index (χ0v) is 29.7. The van der Waals surface area contributed by atoms with E-state index < -0.39 is 29.6 Å². The Kier molecular flexibility index (Phi) is 11.3. The number of rotatable bonds is 16. The van der Waals surface area contributed by atoms with Gasteiger partial charge in [-0.25, -0.2) is 0 Å². The van der Waals surface area contributed by atoms with E-state index in [2.05, 4.69) is 47.8 Å². The number of hydrogen-bond acceptors (Lipinski definition) is 7. The van der Waals surface area contributed by atoms with Gasteiger partial charge >= 0.3 is 0 Å². The summed E-state index contributed by atoms with van der Waals surface area (Å²) in [4.78, 5) is 50.7. The molecule has 258 valence electrons. The minimum absolute atomic E-state index is 0.149. The minimum atomic E-state index is -1.23. The number of carbonyl (C=O) groups is 3. The zero-order chi connectivity index (χ0) is 34.6. The topological polar surface area (TPSA) is 103 Å². The average molecular weight is 724 g/mol. The smallest absolute Gasteiger partial charge is 0.253 e. The molecule has 10 nitrogen and oxygen atoms in total. The SMILES string of the molecule is C=CCN(C(=O)C1N(CCCO)C(=O)[C@@H]2[C@H](C(=O)N(CC=C)c3ccc(OCC)cc3)[C@H]3OC12CC3Br)c1ccc(N(CC)CC)cc1. The van der Waals surface area contributed by atoms with Crippen molar-refractivity contribution in [2.45, 2.75) is 56.2 Å². The van der Waals surface area contributed by atoms with Crippen molar-refractivity contribution < 1.29 is 29.0 Å². The third kappa shape index (κ3) is 6.28. The highest BCUT2D eigenvalue weighted by atomic mass is 79.9. The maximum atomic E-state index is 14.8. The van der Waals surface area contributed by atoms with Crippen molar-refractivity contribution in [2.24, 2.45) is 11.8 Å². The van der Waals surface area contributed by atoms with Gasteiger partial charge in [0.1, 0.15) is 17.4 Å². The van der Waals surface area contributed by atoms with Crippen LogP contribution in [-0.4, -0.2) is 96.2 Å². The number of anilines is 3. The van der Waals surface area contributed by atoms with Crippen molar-refractivity contribution >= 4 is 50.7 Å². The van der Waals surface area contributed by atoms with Gasteiger partial charge in [-0.3, -0.25) is 14.4 Å². The first-order valence-electron chi connectivity index (χ1n) is 16.9. The van der Waals surface area contributed by atoms with Crippen LogP contribution in [0, 0.1) is 11.8 Å². The first-order chi connectivity index (χ1) is 23.2. The molecule has 2 aromatic carbocycles. The van der Waals surface area contributed by atoms with Crippen molar-refractivity contribution in [3.05, 3.63) is 73.8 Å². The van der Waals surface area contributed by atoms with Gasteiger partial charge in [-0.2, -0.15) is 0 Å². The maximum Gasteiger partial charge on any atom is 0.253 e. The molecular formula is C37H47BrN4O6. The lowest BCUT2D eigenvalue weighted by molar-refractivity contribution is -0.140. The highest BCUT2D eigenvalue weighted by Gasteiger charge is 2.77. The Hall–Kier alpha value is -3.67. The van der Waals surface area contributed by atoms with Crippen molar-refractivity contribution in [3.8, 4) is 5.75 Å². The number of aliphatic hydroxyl groups excluding tert-OH is 1. The second-order valence-corrected chi connectivity index (χ2v) is 13.5. The predicted octanol–water partition coefficient (Wildman–Crippen LogP) is 4.80. The van der Waals surface area contributed by atoms with Crippen molar-refractivity contribution in [1.29, 1.82) is 0 Å². The van der Waals surface area contributed by atoms with Gasteiger partial charge in [-0.15, -0.1) is 13.2 Å². The number of aliphatic hydroxyl groups is 1. The maximum absolute atomic E-state index is 14.8. The van der Waals surface area contributed by atoms with Gasteiger partial charge in [0, 0.05) is 61.2 Å². The van der Waals surface area contributed by atoms with Crippen LogP contribution in [0.4, 0.5) is 17.1 Å². The van der Waals surface area contributed by atoms with Gasteiger partial charge < -0.3 is 34.2 Å². The molecule has 3 unspecified atom stereocenters. The molecule has 3 saturated heterocycles. The molecule has 3 fully saturated rings. The van der Waals surface area contributed by atoms with Crippen molar-refractivity contribution in [3.63, 3.8) is 0 Å². The summed E-state index contributed by atoms with van der Waals surface area (Å²) < 4.78 is 12.4. The van der Waals surface area contributed by atoms with E-state index in [0.717, 1.165) is 18.8 Å². The summed E-state index contributed by atoms with van der Waals surface area (Å²) in [6.07, 6.45) is 3.37. The molecule has 5 rings (SSSR count). The van der Waals surface area contributed by atoms with Gasteiger partial charge in [-0.05, 0) is 82.1 Å². The number of hydrogen-bond donors (Lipinski definition) is 1. The van der Waals surface area contributed by atoms with Crippen LogP contribution in [0.1, 0.15) is 33.6 Å². The second-order valence-electron chi connectivity index (χ2n) is 12.4. The fourth-order valence-corrected chi connectivity index (χ4v) is 8.67. The van der Waals surface area contributed by atoms with Crippen LogP contribution < -0.4 is 19.4 Å². The molecule has 0 aromatic heterocycles. The monoisotopic (exact) mass is 722 g/mol. The number of alkyl halides is 1. The fourth-order valence-electron chi connectivity index (χ4n) is 7.72. The number of benzene rings is 2. The molecule has 1 N–H and O–H groups in total. The Bertz CT molecular complexity index is 1480. The second kappa shape index (κ2) is 15.3. The summed E-state index contributed by atoms with van der Waals surface area (Å²) in [7, 11) is 0. The summed E-state index contributed by atoms with van der Waals surface area (Å²) in [5.41, 5.74) is 1.13. The number of halogens is 1. The third-order valence-electron chi connectivity index (χ3n) is 9.77. The number of amides is 3. The largest absolute Gasteiger partial charge is 0.494 e. The van der Waals surface area contributed by atoms with E-state index in [1.165, 1.54) is 0 Å². The number of fused-ring (bicyclic) bond motifs is 1. The predicted molar refractivity (Wildman–Crippen MR) is 192 cm³/mol. The van der Waals surface area contributed by atoms with Gasteiger partial charge in [0.2, 0.25) is 11.8 Å². The molecular weight excluding hydrogens is 676 g/mol. The number of nitrogens with zero attached hydrogens (tertiary/aromatic N) is 4. The Morgan fingerprint density at radius 1 is 0.979 bits per heavy atom. The van der Waals surface area contributed by atoms with Gasteiger partial charge in [0.25, 0.3) is 5.91 Å². The highest BCUT2D eigenvalue weighted by Crippen LogP contribution is 2.60. The highest BCUT2D eigenvalue weighted by molar-refractivity contribution is 9.09. The van der Waals surface area contributed by atoms with E-state index in [0.29, 0.717) is 30.2 Å². The van der Waals surface area contributed by atoms with Gasteiger partial charge in [0.05, 0.1) is 24.5 Å². The molecule has 2 aromatic rings. The standard InChI is InChI=1S/C37H47BrN4O6/c1-6-20-40(27-16-18-28(19-17-27)47-10-5)34(44)30-31-35(45)42(22-11-23-43)33(37(31)24-29(38)32(30)48-37)36(46)41(21-7-2)26-14-12-25(13-15-26)39(8-3)9-4/h6-7,12-19,29-33,43H,1-2,8-11,20-24H2,3-5H3/t29?,30-,31-,32-,33?,37?/m0/s1. The van der Waals surface area contributed by atoms with Crippen LogP contribution in [0.15, 0.2) is 73.8 Å². The van der Waals surface area contributed by atoms with E-state index in [1.54, 1.807) is 26.9 Å². The van der Waals surface area contributed by atoms with E-state index in [1.807, 2.05) is 55.5 Å². The Morgan fingerprint density at radius 3 is 2.08 bits per heavy atom. The lowest BCUT2D eigenvalue weighted by Crippen LogP contribution is -2.57. The molecule has 3 aliphatic rings. The van der Waals surface area contributed by atoms with Crippen molar-refractivity contribution in [1.82, 2.24) is 4.90 Å². The molecule has 1 spiro atoms. The fraction of sp³-hybridized carbons (Fsp3) is 0.486. The molecule has 3 amide bonds. The van der Waals surface area contributed by atoms with E-state index >= 15 is 0 Å². The van der Waals surface area contributed by atoms with Crippen molar-refractivity contribution in [2.75, 3.05) is 60.6 Å². The molecule has 0 saturated carbocycles. The lowest BCUT2D eigenvalue weighted by atomic mass is 9.70. The zero-order valence-electron chi connectivity index (χ0n) is 28.1. The van der Waals surface area contributed by atoms with Gasteiger partial charge in [0.15, 0.2) is 0 Å². The van der Waals surface area contributed by atoms with Crippen LogP contribution in [0.25, 0.3) is 0 Å². The first kappa shape index (κ1) is 35.6. The van der Waals surface area contributed by atoms with Gasteiger partial charge in [-0.1, -0.05) is 28.1 Å². The number of carbonyl (C=O) groups excluding carboxylic acids is 3.